The fourth-order valence-electron chi connectivity index (χ4n) is 2.78. The van der Waals surface area contributed by atoms with Crippen LogP contribution in [-0.4, -0.2) is 29.8 Å². The Kier molecular flexibility index (Phi) is 5.36. The molecule has 0 N–H and O–H groups in total. The van der Waals surface area contributed by atoms with E-state index < -0.39 is 0 Å². The van der Waals surface area contributed by atoms with Gasteiger partial charge in [-0.15, -0.1) is 0 Å². The van der Waals surface area contributed by atoms with Gasteiger partial charge in [0.1, 0.15) is 0 Å². The first-order valence-corrected chi connectivity index (χ1v) is 8.13. The summed E-state index contributed by atoms with van der Waals surface area (Å²) in [6.07, 6.45) is 0.774. The molecule has 2 aromatic rings. The number of rotatable bonds is 6. The van der Waals surface area contributed by atoms with Crippen LogP contribution in [0.3, 0.4) is 0 Å². The Labute approximate surface area is 134 Å². The molecule has 0 aliphatic carbocycles. The highest BCUT2D eigenvalue weighted by Crippen LogP contribution is 2.20. The van der Waals surface area contributed by atoms with Crippen molar-refractivity contribution in [1.29, 1.82) is 0 Å². The largest absolute Gasteiger partial charge is 0.298 e. The van der Waals surface area contributed by atoms with E-state index in [9.17, 15) is 4.79 Å². The first-order valence-electron chi connectivity index (χ1n) is 8.13. The lowest BCUT2D eigenvalue weighted by Gasteiger charge is -2.31. The van der Waals surface area contributed by atoms with Crippen molar-refractivity contribution in [2.24, 2.45) is 5.92 Å². The van der Waals surface area contributed by atoms with Gasteiger partial charge in [0, 0.05) is 12.0 Å². The summed E-state index contributed by atoms with van der Waals surface area (Å²) in [5, 5.41) is 2.48. The number of likely N-dealkylation sites (N-methyl/N-ethyl adjacent to an activating group) is 1. The van der Waals surface area contributed by atoms with Crippen LogP contribution in [0, 0.1) is 5.92 Å². The Balaban J connectivity index is 2.29. The smallest absolute Gasteiger partial charge is 0.152 e. The molecule has 0 fully saturated rings. The van der Waals surface area contributed by atoms with E-state index in [4.69, 9.17) is 0 Å². The fourth-order valence-corrected chi connectivity index (χ4v) is 2.78. The Hall–Kier alpha value is -1.67. The van der Waals surface area contributed by atoms with Gasteiger partial charge in [-0.3, -0.25) is 9.69 Å². The van der Waals surface area contributed by atoms with Crippen LogP contribution in [0.5, 0.6) is 0 Å². The van der Waals surface area contributed by atoms with Gasteiger partial charge in [0.25, 0.3) is 0 Å². The van der Waals surface area contributed by atoms with Crippen LogP contribution < -0.4 is 0 Å². The maximum Gasteiger partial charge on any atom is 0.152 e. The Morgan fingerprint density at radius 2 is 1.64 bits per heavy atom. The predicted molar refractivity (Wildman–Crippen MR) is 94.2 cm³/mol. The average Bonchev–Trinajstić information content (AvgIpc) is 2.50. The lowest BCUT2D eigenvalue weighted by atomic mass is 9.93. The summed E-state index contributed by atoms with van der Waals surface area (Å²) in [5.41, 5.74) is 1.23. The summed E-state index contributed by atoms with van der Waals surface area (Å²) >= 11 is 0. The summed E-state index contributed by atoms with van der Waals surface area (Å²) in [6.45, 7) is 8.26. The van der Waals surface area contributed by atoms with Crippen LogP contribution in [-0.2, 0) is 11.2 Å². The highest BCUT2D eigenvalue weighted by molar-refractivity contribution is 5.87. The number of Topliss-reactive ketones (excluding diaryl/α,β-unsaturated/α-hetero) is 1. The van der Waals surface area contributed by atoms with Crippen LogP contribution in [0.15, 0.2) is 42.5 Å². The minimum atomic E-state index is -0.0545. The minimum Gasteiger partial charge on any atom is -0.298 e. The Bertz CT molecular complexity index is 645. The lowest BCUT2D eigenvalue weighted by Crippen LogP contribution is -2.45. The van der Waals surface area contributed by atoms with Crippen LogP contribution in [0.4, 0.5) is 0 Å². The molecule has 118 valence electrons. The molecule has 2 nitrogen and oxygen atoms in total. The van der Waals surface area contributed by atoms with Crippen molar-refractivity contribution in [2.75, 3.05) is 7.05 Å². The summed E-state index contributed by atoms with van der Waals surface area (Å²) in [4.78, 5) is 14.8. The zero-order valence-electron chi connectivity index (χ0n) is 14.3. The summed E-state index contributed by atoms with van der Waals surface area (Å²) in [5.74, 6) is 0.385. The summed E-state index contributed by atoms with van der Waals surface area (Å²) < 4.78 is 0. The van der Waals surface area contributed by atoms with E-state index in [2.05, 4.69) is 68.3 Å². The number of hydrogen-bond acceptors (Lipinski definition) is 2. The second-order valence-corrected chi connectivity index (χ2v) is 6.72. The van der Waals surface area contributed by atoms with E-state index in [0.29, 0.717) is 11.8 Å². The van der Waals surface area contributed by atoms with E-state index in [1.54, 1.807) is 0 Å². The van der Waals surface area contributed by atoms with Gasteiger partial charge >= 0.3 is 0 Å². The molecule has 0 aromatic heterocycles. The number of benzene rings is 2. The van der Waals surface area contributed by atoms with Gasteiger partial charge < -0.3 is 0 Å². The predicted octanol–water partition coefficient (Wildman–Crippen LogP) is 4.32. The van der Waals surface area contributed by atoms with Crippen LogP contribution >= 0.6 is 0 Å². The first kappa shape index (κ1) is 16.7. The van der Waals surface area contributed by atoms with E-state index >= 15 is 0 Å². The van der Waals surface area contributed by atoms with Gasteiger partial charge in [-0.2, -0.15) is 0 Å². The molecule has 0 unspecified atom stereocenters. The number of nitrogens with zero attached hydrogens (tertiary/aromatic N) is 1. The molecule has 2 aromatic carbocycles. The van der Waals surface area contributed by atoms with Gasteiger partial charge in [0.2, 0.25) is 0 Å². The Morgan fingerprint density at radius 3 is 2.23 bits per heavy atom. The number of fused-ring (bicyclic) bond motifs is 1. The van der Waals surface area contributed by atoms with Crippen molar-refractivity contribution >= 4 is 16.6 Å². The van der Waals surface area contributed by atoms with Crippen LogP contribution in [0.1, 0.15) is 33.3 Å². The molecule has 2 rings (SSSR count). The molecule has 0 saturated heterocycles. The molecule has 0 amide bonds. The standard InChI is InChI=1S/C20H27NO/c1-14(2)20(22)19(21(5)15(3)4)13-16-10-11-17-8-6-7-9-18(17)12-16/h6-12,14-15,19H,13H2,1-5H3/t19-/m1/s1. The minimum absolute atomic E-state index is 0.0545. The van der Waals surface area contributed by atoms with Crippen molar-refractivity contribution < 1.29 is 4.79 Å². The van der Waals surface area contributed by atoms with Gasteiger partial charge in [-0.1, -0.05) is 56.3 Å². The maximum atomic E-state index is 12.6. The van der Waals surface area contributed by atoms with Gasteiger partial charge in [-0.05, 0) is 43.7 Å². The summed E-state index contributed by atoms with van der Waals surface area (Å²) in [6, 6.07) is 15.2. The van der Waals surface area contributed by atoms with Gasteiger partial charge in [0.05, 0.1) is 6.04 Å². The first-order chi connectivity index (χ1) is 10.4. The molecular formula is C20H27NO. The zero-order valence-corrected chi connectivity index (χ0v) is 14.3. The molecule has 0 bridgehead atoms. The second-order valence-electron chi connectivity index (χ2n) is 6.72. The maximum absolute atomic E-state index is 12.6. The van der Waals surface area contributed by atoms with E-state index in [1.165, 1.54) is 16.3 Å². The molecular weight excluding hydrogens is 270 g/mol. The van der Waals surface area contributed by atoms with Gasteiger partial charge in [-0.25, -0.2) is 0 Å². The molecule has 1 atom stereocenters. The molecule has 0 radical (unpaired) electrons. The topological polar surface area (TPSA) is 20.3 Å². The van der Waals surface area contributed by atoms with Crippen LogP contribution in [0.2, 0.25) is 0 Å². The molecule has 0 spiro atoms. The van der Waals surface area contributed by atoms with Crippen molar-refractivity contribution in [1.82, 2.24) is 4.90 Å². The number of ketones is 1. The molecule has 0 heterocycles. The molecule has 0 aliphatic rings. The normalized spacial score (nSPS) is 13.3. The monoisotopic (exact) mass is 297 g/mol. The average molecular weight is 297 g/mol. The third-order valence-electron chi connectivity index (χ3n) is 4.45. The van der Waals surface area contributed by atoms with Crippen molar-refractivity contribution in [2.45, 2.75) is 46.2 Å². The fraction of sp³-hybridized carbons (Fsp3) is 0.450. The SMILES string of the molecule is CC(C)C(=O)[C@@H](Cc1ccc2ccccc2c1)N(C)C(C)C. The third kappa shape index (κ3) is 3.75. The van der Waals surface area contributed by atoms with E-state index in [1.807, 2.05) is 13.8 Å². The molecule has 2 heteroatoms. The Morgan fingerprint density at radius 1 is 1.00 bits per heavy atom. The van der Waals surface area contributed by atoms with E-state index in [-0.39, 0.29) is 12.0 Å². The number of carbonyl (C=O) groups is 1. The third-order valence-corrected chi connectivity index (χ3v) is 4.45. The molecule has 22 heavy (non-hydrogen) atoms. The molecule has 0 aliphatic heterocycles. The summed E-state index contributed by atoms with van der Waals surface area (Å²) in [7, 11) is 2.05. The van der Waals surface area contributed by atoms with Crippen LogP contribution in [0.25, 0.3) is 10.8 Å². The number of hydrogen-bond donors (Lipinski definition) is 0. The lowest BCUT2D eigenvalue weighted by molar-refractivity contribution is -0.127. The van der Waals surface area contributed by atoms with Crippen molar-refractivity contribution in [3.8, 4) is 0 Å². The molecule has 0 saturated carbocycles. The quantitative estimate of drug-likeness (QED) is 0.791. The second kappa shape index (κ2) is 7.06. The van der Waals surface area contributed by atoms with Gasteiger partial charge in [0.15, 0.2) is 5.78 Å². The van der Waals surface area contributed by atoms with Crippen molar-refractivity contribution in [3.63, 3.8) is 0 Å². The van der Waals surface area contributed by atoms with Crippen molar-refractivity contribution in [3.05, 3.63) is 48.0 Å². The van der Waals surface area contributed by atoms with E-state index in [0.717, 1.165) is 6.42 Å². The highest BCUT2D eigenvalue weighted by atomic mass is 16.1. The highest BCUT2D eigenvalue weighted by Gasteiger charge is 2.27. The zero-order chi connectivity index (χ0) is 16.3. The number of carbonyl (C=O) groups excluding carboxylic acids is 1.